The van der Waals surface area contributed by atoms with Crippen LogP contribution < -0.4 is 0 Å². The first kappa shape index (κ1) is 15.3. The Balaban J connectivity index is 1.71. The van der Waals surface area contributed by atoms with Gasteiger partial charge in [-0.05, 0) is 41.7 Å². The molecule has 0 amide bonds. The molecule has 24 heavy (non-hydrogen) atoms. The maximum atomic E-state index is 12.0. The van der Waals surface area contributed by atoms with E-state index in [1.165, 1.54) is 16.3 Å². The number of tetrazole rings is 1. The molecule has 2 aliphatic rings. The van der Waals surface area contributed by atoms with Crippen LogP contribution in [0.15, 0.2) is 24.3 Å². The van der Waals surface area contributed by atoms with Crippen molar-refractivity contribution in [1.82, 2.24) is 19.8 Å². The molecule has 0 spiro atoms. The zero-order valence-electron chi connectivity index (χ0n) is 12.8. The van der Waals surface area contributed by atoms with Gasteiger partial charge in [-0.1, -0.05) is 12.1 Å². The summed E-state index contributed by atoms with van der Waals surface area (Å²) in [5, 5.41) is 8.17. The first-order valence-electron chi connectivity index (χ1n) is 7.50. The highest BCUT2D eigenvalue weighted by molar-refractivity contribution is 7.71. The monoisotopic (exact) mass is 346 g/mol. The lowest BCUT2D eigenvalue weighted by Crippen LogP contribution is -2.37. The van der Waals surface area contributed by atoms with Crippen molar-refractivity contribution in [2.45, 2.75) is 31.8 Å². The van der Waals surface area contributed by atoms with Crippen molar-refractivity contribution in [2.75, 3.05) is 6.61 Å². The van der Waals surface area contributed by atoms with Crippen molar-refractivity contribution in [3.05, 3.63) is 34.6 Å². The van der Waals surface area contributed by atoms with Crippen LogP contribution in [-0.2, 0) is 14.3 Å². The van der Waals surface area contributed by atoms with Crippen LogP contribution in [0, 0.1) is 4.77 Å². The molecule has 0 unspecified atom stereocenters. The minimum absolute atomic E-state index is 0.0452. The summed E-state index contributed by atoms with van der Waals surface area (Å²) in [6.45, 7) is 1.83. The fourth-order valence-corrected chi connectivity index (χ4v) is 3.27. The molecule has 0 aliphatic carbocycles. The molecule has 0 radical (unpaired) electrons. The van der Waals surface area contributed by atoms with E-state index in [9.17, 15) is 9.59 Å². The zero-order valence-corrected chi connectivity index (χ0v) is 13.6. The number of ether oxygens (including phenoxy) is 2. The van der Waals surface area contributed by atoms with Gasteiger partial charge in [-0.3, -0.25) is 9.59 Å². The molecule has 1 aromatic carbocycles. The van der Waals surface area contributed by atoms with Gasteiger partial charge < -0.3 is 9.47 Å². The first-order chi connectivity index (χ1) is 11.5. The summed E-state index contributed by atoms with van der Waals surface area (Å²) >= 11 is 5.46. The van der Waals surface area contributed by atoms with E-state index >= 15 is 0 Å². The van der Waals surface area contributed by atoms with Crippen molar-refractivity contribution in [3.8, 4) is 5.69 Å². The summed E-state index contributed by atoms with van der Waals surface area (Å²) in [6, 6.07) is 6.64. The summed E-state index contributed by atoms with van der Waals surface area (Å²) in [6.07, 6.45) is -0.786. The molecule has 0 N–H and O–H groups in total. The number of carbonyl (C=O) groups excluding carboxylic acids is 2. The smallest absolute Gasteiger partial charge is 0.221 e. The van der Waals surface area contributed by atoms with Crippen LogP contribution in [0.5, 0.6) is 0 Å². The summed E-state index contributed by atoms with van der Waals surface area (Å²) in [5.41, 5.74) is 1.20. The Morgan fingerprint density at radius 3 is 3.00 bits per heavy atom. The number of fused-ring (bicyclic) bond motifs is 2. The van der Waals surface area contributed by atoms with Gasteiger partial charge in [0.2, 0.25) is 11.1 Å². The van der Waals surface area contributed by atoms with Crippen LogP contribution in [-0.4, -0.2) is 50.4 Å². The number of rotatable bonds is 3. The number of aromatic nitrogens is 4. The van der Waals surface area contributed by atoms with Crippen molar-refractivity contribution >= 4 is 23.8 Å². The molecule has 9 heteroatoms. The van der Waals surface area contributed by atoms with Crippen molar-refractivity contribution in [1.29, 1.82) is 0 Å². The Morgan fingerprint density at radius 2 is 2.21 bits per heavy atom. The highest BCUT2D eigenvalue weighted by atomic mass is 32.1. The lowest BCUT2D eigenvalue weighted by molar-refractivity contribution is -0.156. The Morgan fingerprint density at radius 1 is 1.38 bits per heavy atom. The SMILES string of the molecule is CC(=O)c1cccc(-n2nnn([C@H]3CC(=O)[C@H]4OC[C@@H]3O4)c2=S)c1. The highest BCUT2D eigenvalue weighted by Crippen LogP contribution is 2.32. The number of carbonyl (C=O) groups is 2. The number of hydrogen-bond donors (Lipinski definition) is 0. The fraction of sp³-hybridized carbons (Fsp3) is 0.400. The quantitative estimate of drug-likeness (QED) is 0.610. The molecule has 2 bridgehead atoms. The van der Waals surface area contributed by atoms with Gasteiger partial charge in [0.15, 0.2) is 11.6 Å². The molecular weight excluding hydrogens is 332 g/mol. The summed E-state index contributed by atoms with van der Waals surface area (Å²) in [7, 11) is 0. The van der Waals surface area contributed by atoms with Crippen LogP contribution in [0.1, 0.15) is 29.7 Å². The standard InChI is InChI=1S/C15H14N4O4S/c1-8(20)9-3-2-4-10(5-9)18-15(24)19(17-16-18)11-6-12(21)14-22-7-13(11)23-14/h2-5,11,13-14H,6-7H2,1H3/t11-,13-,14-/m0/s1. The second-order valence-electron chi connectivity index (χ2n) is 5.80. The molecule has 124 valence electrons. The van der Waals surface area contributed by atoms with Crippen LogP contribution in [0.4, 0.5) is 0 Å². The normalized spacial score (nSPS) is 25.9. The molecule has 2 saturated heterocycles. The molecule has 0 saturated carbocycles. The predicted molar refractivity (Wildman–Crippen MR) is 83.5 cm³/mol. The molecule has 1 aromatic heterocycles. The van der Waals surface area contributed by atoms with Crippen molar-refractivity contribution < 1.29 is 19.1 Å². The lowest BCUT2D eigenvalue weighted by atomic mass is 10.0. The van der Waals surface area contributed by atoms with E-state index in [1.807, 2.05) is 0 Å². The average molecular weight is 346 g/mol. The first-order valence-corrected chi connectivity index (χ1v) is 7.91. The third kappa shape index (κ3) is 2.41. The maximum absolute atomic E-state index is 12.0. The molecular formula is C15H14N4O4S. The van der Waals surface area contributed by atoms with E-state index in [0.29, 0.717) is 22.6 Å². The van der Waals surface area contributed by atoms with Crippen molar-refractivity contribution in [2.24, 2.45) is 0 Å². The van der Waals surface area contributed by atoms with Crippen LogP contribution in [0.3, 0.4) is 0 Å². The molecule has 3 heterocycles. The predicted octanol–water partition coefficient (Wildman–Crippen LogP) is 1.26. The molecule has 2 aliphatic heterocycles. The highest BCUT2D eigenvalue weighted by Gasteiger charge is 2.45. The fourth-order valence-electron chi connectivity index (χ4n) is 2.95. The Kier molecular flexibility index (Phi) is 3.63. The largest absolute Gasteiger partial charge is 0.343 e. The van der Waals surface area contributed by atoms with E-state index in [0.717, 1.165) is 0 Å². The summed E-state index contributed by atoms with van der Waals surface area (Å²) < 4.78 is 14.2. The summed E-state index contributed by atoms with van der Waals surface area (Å²) in [4.78, 5) is 23.5. The second kappa shape index (κ2) is 5.69. The third-order valence-corrected chi connectivity index (χ3v) is 4.59. The minimum atomic E-state index is -0.761. The zero-order chi connectivity index (χ0) is 16.8. The van der Waals surface area contributed by atoms with Gasteiger partial charge in [0.25, 0.3) is 0 Å². The third-order valence-electron chi connectivity index (χ3n) is 4.23. The summed E-state index contributed by atoms with van der Waals surface area (Å²) in [5.74, 6) is -0.167. The second-order valence-corrected chi connectivity index (χ2v) is 6.17. The number of nitrogens with zero attached hydrogens (tertiary/aromatic N) is 4. The van der Waals surface area contributed by atoms with Gasteiger partial charge in [0, 0.05) is 12.0 Å². The van der Waals surface area contributed by atoms with Gasteiger partial charge in [-0.25, -0.2) is 4.68 Å². The average Bonchev–Trinajstić information content (AvgIpc) is 3.17. The van der Waals surface area contributed by atoms with Crippen molar-refractivity contribution in [3.63, 3.8) is 0 Å². The molecule has 8 nitrogen and oxygen atoms in total. The molecule has 2 fully saturated rings. The number of Topliss-reactive ketones (excluding diaryl/α,β-unsaturated/α-hetero) is 2. The Bertz CT molecular complexity index is 890. The van der Waals surface area contributed by atoms with Gasteiger partial charge >= 0.3 is 0 Å². The number of hydrogen-bond acceptors (Lipinski definition) is 7. The van der Waals surface area contributed by atoms with Crippen LogP contribution >= 0.6 is 12.2 Å². The van der Waals surface area contributed by atoms with Gasteiger partial charge in [-0.15, -0.1) is 0 Å². The maximum Gasteiger partial charge on any atom is 0.221 e. The van der Waals surface area contributed by atoms with Gasteiger partial charge in [0.1, 0.15) is 6.10 Å². The van der Waals surface area contributed by atoms with E-state index in [1.54, 1.807) is 24.3 Å². The van der Waals surface area contributed by atoms with Crippen LogP contribution in [0.25, 0.3) is 5.69 Å². The number of ketones is 2. The van der Waals surface area contributed by atoms with E-state index in [2.05, 4.69) is 10.4 Å². The molecule has 3 atom stereocenters. The van der Waals surface area contributed by atoms with Gasteiger partial charge in [-0.2, -0.15) is 4.68 Å². The van der Waals surface area contributed by atoms with Gasteiger partial charge in [0.05, 0.1) is 18.3 Å². The Hall–Kier alpha value is -2.23. The van der Waals surface area contributed by atoms with E-state index in [4.69, 9.17) is 21.7 Å². The van der Waals surface area contributed by atoms with E-state index < -0.39 is 6.29 Å². The topological polar surface area (TPSA) is 88.2 Å². The molecule has 2 aromatic rings. The Labute approximate surface area is 141 Å². The number of benzene rings is 1. The van der Waals surface area contributed by atoms with Crippen LogP contribution in [0.2, 0.25) is 0 Å². The minimum Gasteiger partial charge on any atom is -0.343 e. The van der Waals surface area contributed by atoms with E-state index in [-0.39, 0.29) is 30.1 Å². The lowest BCUT2D eigenvalue weighted by Gasteiger charge is -2.25. The molecule has 4 rings (SSSR count).